The van der Waals surface area contributed by atoms with Gasteiger partial charge in [-0.3, -0.25) is 4.79 Å². The second-order valence-corrected chi connectivity index (χ2v) is 6.03. The zero-order valence-corrected chi connectivity index (χ0v) is 12.6. The summed E-state index contributed by atoms with van der Waals surface area (Å²) >= 11 is 0. The van der Waals surface area contributed by atoms with Crippen molar-refractivity contribution in [2.75, 3.05) is 10.2 Å². The molecule has 0 spiro atoms. The topological polar surface area (TPSA) is 32.3 Å². The van der Waals surface area contributed by atoms with Crippen LogP contribution in [0.4, 0.5) is 11.4 Å². The molecule has 0 saturated heterocycles. The second-order valence-electron chi connectivity index (χ2n) is 6.03. The first-order valence-corrected chi connectivity index (χ1v) is 7.26. The van der Waals surface area contributed by atoms with Gasteiger partial charge < -0.3 is 10.2 Å². The Morgan fingerprint density at radius 1 is 1.00 bits per heavy atom. The smallest absolute Gasteiger partial charge is 0.252 e. The van der Waals surface area contributed by atoms with E-state index in [9.17, 15) is 4.79 Å². The van der Waals surface area contributed by atoms with Crippen LogP contribution >= 0.6 is 0 Å². The molecule has 1 unspecified atom stereocenters. The number of fused-ring (bicyclic) bond motifs is 1. The molecule has 3 rings (SSSR count). The van der Waals surface area contributed by atoms with Crippen molar-refractivity contribution in [2.45, 2.75) is 32.4 Å². The van der Waals surface area contributed by atoms with Crippen molar-refractivity contribution in [1.82, 2.24) is 0 Å². The van der Waals surface area contributed by atoms with Crippen molar-refractivity contribution in [3.63, 3.8) is 0 Å². The number of hydrogen-bond donors (Lipinski definition) is 1. The molecule has 2 aromatic carbocycles. The van der Waals surface area contributed by atoms with E-state index < -0.39 is 5.54 Å². The fourth-order valence-corrected chi connectivity index (χ4v) is 2.86. The van der Waals surface area contributed by atoms with Gasteiger partial charge in [-0.25, -0.2) is 0 Å². The Hall–Kier alpha value is -2.29. The minimum atomic E-state index is -0.600. The zero-order valence-electron chi connectivity index (χ0n) is 12.6. The fraction of sp³-hybridized carbons (Fsp3) is 0.278. The normalized spacial score (nSPS) is 17.9. The molecular formula is C18H20N2O. The number of rotatable bonds is 2. The highest BCUT2D eigenvalue weighted by Crippen LogP contribution is 2.39. The van der Waals surface area contributed by atoms with E-state index in [-0.39, 0.29) is 11.9 Å². The summed E-state index contributed by atoms with van der Waals surface area (Å²) in [6, 6.07) is 18.1. The van der Waals surface area contributed by atoms with Gasteiger partial charge >= 0.3 is 0 Å². The van der Waals surface area contributed by atoms with E-state index >= 15 is 0 Å². The highest BCUT2D eigenvalue weighted by molar-refractivity contribution is 6.07. The van der Waals surface area contributed by atoms with E-state index in [1.165, 1.54) is 0 Å². The Bertz CT molecular complexity index is 664. The molecule has 108 valence electrons. The van der Waals surface area contributed by atoms with Gasteiger partial charge in [-0.1, -0.05) is 42.5 Å². The first-order chi connectivity index (χ1) is 10.0. The molecule has 1 N–H and O–H groups in total. The van der Waals surface area contributed by atoms with E-state index in [1.54, 1.807) is 0 Å². The molecule has 21 heavy (non-hydrogen) atoms. The lowest BCUT2D eigenvalue weighted by Crippen LogP contribution is -2.54. The van der Waals surface area contributed by atoms with Gasteiger partial charge in [0.1, 0.15) is 5.54 Å². The number of amides is 1. The lowest BCUT2D eigenvalue weighted by atomic mass is 9.95. The van der Waals surface area contributed by atoms with E-state index in [2.05, 4.69) is 24.4 Å². The lowest BCUT2D eigenvalue weighted by molar-refractivity contribution is -0.122. The van der Waals surface area contributed by atoms with Crippen LogP contribution in [-0.2, 0) is 4.79 Å². The third-order valence-corrected chi connectivity index (χ3v) is 4.03. The molecule has 0 aliphatic carbocycles. The van der Waals surface area contributed by atoms with Crippen LogP contribution in [0.5, 0.6) is 0 Å². The van der Waals surface area contributed by atoms with E-state index in [0.29, 0.717) is 0 Å². The van der Waals surface area contributed by atoms with Gasteiger partial charge in [-0.15, -0.1) is 0 Å². The van der Waals surface area contributed by atoms with Gasteiger partial charge in [0.05, 0.1) is 17.4 Å². The van der Waals surface area contributed by atoms with E-state index in [4.69, 9.17) is 0 Å². The minimum Gasteiger partial charge on any atom is -0.370 e. The molecule has 0 radical (unpaired) electrons. The molecule has 3 nitrogen and oxygen atoms in total. The van der Waals surface area contributed by atoms with E-state index in [0.717, 1.165) is 16.9 Å². The zero-order chi connectivity index (χ0) is 15.0. The Kier molecular flexibility index (Phi) is 3.20. The van der Waals surface area contributed by atoms with Crippen molar-refractivity contribution >= 4 is 17.3 Å². The van der Waals surface area contributed by atoms with Gasteiger partial charge in [0.15, 0.2) is 0 Å². The maximum atomic E-state index is 12.9. The molecule has 0 bridgehead atoms. The molecule has 0 aromatic heterocycles. The molecule has 0 fully saturated rings. The number of hydrogen-bond acceptors (Lipinski definition) is 2. The number of nitrogens with one attached hydrogen (secondary N) is 1. The van der Waals surface area contributed by atoms with Crippen LogP contribution in [0.25, 0.3) is 0 Å². The van der Waals surface area contributed by atoms with Gasteiger partial charge in [0.25, 0.3) is 5.91 Å². The summed E-state index contributed by atoms with van der Waals surface area (Å²) in [5, 5.41) is 3.33. The van der Waals surface area contributed by atoms with Crippen molar-refractivity contribution in [3.05, 3.63) is 60.2 Å². The Morgan fingerprint density at radius 2 is 1.62 bits per heavy atom. The van der Waals surface area contributed by atoms with Crippen molar-refractivity contribution in [3.8, 4) is 0 Å². The van der Waals surface area contributed by atoms with Crippen LogP contribution in [0, 0.1) is 0 Å². The van der Waals surface area contributed by atoms with Crippen LogP contribution in [0.2, 0.25) is 0 Å². The van der Waals surface area contributed by atoms with Crippen molar-refractivity contribution in [1.29, 1.82) is 0 Å². The first-order valence-electron chi connectivity index (χ1n) is 7.26. The number of anilines is 2. The fourth-order valence-electron chi connectivity index (χ4n) is 2.86. The molecule has 0 saturated carbocycles. The summed E-state index contributed by atoms with van der Waals surface area (Å²) < 4.78 is 0. The van der Waals surface area contributed by atoms with Crippen LogP contribution in [0.15, 0.2) is 54.6 Å². The largest absolute Gasteiger partial charge is 0.370 e. The Morgan fingerprint density at radius 3 is 2.33 bits per heavy atom. The number of para-hydroxylation sites is 2. The number of nitrogens with zero attached hydrogens (tertiary/aromatic N) is 1. The second kappa shape index (κ2) is 4.92. The van der Waals surface area contributed by atoms with Gasteiger partial charge in [-0.2, -0.15) is 0 Å². The number of benzene rings is 2. The average molecular weight is 280 g/mol. The molecule has 1 heterocycles. The average Bonchev–Trinajstić information content (AvgIpc) is 2.48. The minimum absolute atomic E-state index is 0.00113. The third kappa shape index (κ3) is 2.29. The molecule has 1 aliphatic heterocycles. The number of carbonyl (C=O) groups is 1. The third-order valence-electron chi connectivity index (χ3n) is 4.03. The predicted octanol–water partition coefficient (Wildman–Crippen LogP) is 3.98. The van der Waals surface area contributed by atoms with Gasteiger partial charge in [0, 0.05) is 0 Å². The summed E-state index contributed by atoms with van der Waals surface area (Å²) in [4.78, 5) is 14.8. The standard InChI is InChI=1S/C18H20N2O/c1-13(14-9-5-4-6-10-14)20-16-12-8-7-11-15(16)19-18(2,3)17(20)21/h4-13,19H,1-3H3. The summed E-state index contributed by atoms with van der Waals surface area (Å²) in [6.45, 7) is 5.93. The van der Waals surface area contributed by atoms with Crippen molar-refractivity contribution < 1.29 is 4.79 Å². The highest BCUT2D eigenvalue weighted by atomic mass is 16.2. The van der Waals surface area contributed by atoms with Crippen LogP contribution in [0.1, 0.15) is 32.4 Å². The maximum Gasteiger partial charge on any atom is 0.252 e. The first kappa shape index (κ1) is 13.7. The van der Waals surface area contributed by atoms with Gasteiger partial charge in [0.2, 0.25) is 0 Å². The molecule has 1 aliphatic rings. The summed E-state index contributed by atoms with van der Waals surface area (Å²) in [5.74, 6) is 0.0950. The lowest BCUT2D eigenvalue weighted by Gasteiger charge is -2.42. The van der Waals surface area contributed by atoms with Crippen molar-refractivity contribution in [2.24, 2.45) is 0 Å². The monoisotopic (exact) mass is 280 g/mol. The summed E-state index contributed by atoms with van der Waals surface area (Å²) in [5.41, 5.74) is 2.48. The van der Waals surface area contributed by atoms with Crippen LogP contribution in [-0.4, -0.2) is 11.4 Å². The van der Waals surface area contributed by atoms with Crippen LogP contribution in [0.3, 0.4) is 0 Å². The highest BCUT2D eigenvalue weighted by Gasteiger charge is 2.40. The molecule has 2 aromatic rings. The quantitative estimate of drug-likeness (QED) is 0.902. The van der Waals surface area contributed by atoms with Crippen LogP contribution < -0.4 is 10.2 Å². The molecule has 3 heteroatoms. The summed E-state index contributed by atoms with van der Waals surface area (Å²) in [6.07, 6.45) is 0. The van der Waals surface area contributed by atoms with E-state index in [1.807, 2.05) is 61.2 Å². The SMILES string of the molecule is CC(c1ccccc1)N1C(=O)C(C)(C)Nc2ccccc21. The predicted molar refractivity (Wildman–Crippen MR) is 86.5 cm³/mol. The maximum absolute atomic E-state index is 12.9. The molecule has 1 atom stereocenters. The summed E-state index contributed by atoms with van der Waals surface area (Å²) in [7, 11) is 0. The number of carbonyl (C=O) groups excluding carboxylic acids is 1. The molecular weight excluding hydrogens is 260 g/mol. The Labute approximate surface area is 125 Å². The molecule has 1 amide bonds. The van der Waals surface area contributed by atoms with Gasteiger partial charge in [-0.05, 0) is 38.5 Å². The Balaban J connectivity index is 2.09.